The number of likely N-dealkylation sites (tertiary alicyclic amines) is 1. The number of halogens is 3. The van der Waals surface area contributed by atoms with E-state index in [0.29, 0.717) is 25.1 Å². The fraction of sp³-hybridized carbons (Fsp3) is 0.364. The number of anilines is 1. The van der Waals surface area contributed by atoms with Crippen molar-refractivity contribution in [3.63, 3.8) is 0 Å². The molecule has 0 unspecified atom stereocenters. The molecule has 2 aromatic rings. The average Bonchev–Trinajstić information content (AvgIpc) is 3.03. The predicted octanol–water partition coefficient (Wildman–Crippen LogP) is 3.72. The summed E-state index contributed by atoms with van der Waals surface area (Å²) in [6.07, 6.45) is -4.52. The van der Waals surface area contributed by atoms with Crippen molar-refractivity contribution in [2.45, 2.75) is 25.6 Å². The van der Waals surface area contributed by atoms with Crippen LogP contribution in [0.3, 0.4) is 0 Å². The van der Waals surface area contributed by atoms with E-state index in [4.69, 9.17) is 0 Å². The van der Waals surface area contributed by atoms with Crippen molar-refractivity contribution in [2.75, 3.05) is 18.4 Å². The van der Waals surface area contributed by atoms with Crippen molar-refractivity contribution in [3.8, 4) is 0 Å². The predicted molar refractivity (Wildman–Crippen MR) is 104 cm³/mol. The van der Waals surface area contributed by atoms with Gasteiger partial charge >= 0.3 is 6.18 Å². The van der Waals surface area contributed by atoms with E-state index in [1.165, 1.54) is 11.0 Å². The van der Waals surface area contributed by atoms with Crippen molar-refractivity contribution < 1.29 is 27.9 Å². The quantitative estimate of drug-likeness (QED) is 0.798. The van der Waals surface area contributed by atoms with Gasteiger partial charge in [0.2, 0.25) is 0 Å². The highest BCUT2D eigenvalue weighted by molar-refractivity contribution is 6.05. The molecule has 1 aliphatic heterocycles. The summed E-state index contributed by atoms with van der Waals surface area (Å²) in [6, 6.07) is 9.57. The number of amides is 2. The van der Waals surface area contributed by atoms with Gasteiger partial charge < -0.3 is 15.3 Å². The molecule has 30 heavy (non-hydrogen) atoms. The van der Waals surface area contributed by atoms with Gasteiger partial charge in [-0.3, -0.25) is 9.59 Å². The van der Waals surface area contributed by atoms with Crippen LogP contribution in [-0.2, 0) is 6.18 Å². The molecule has 5 nitrogen and oxygen atoms in total. The van der Waals surface area contributed by atoms with E-state index < -0.39 is 29.7 Å². The molecule has 1 aliphatic carbocycles. The van der Waals surface area contributed by atoms with E-state index in [1.54, 1.807) is 31.2 Å². The number of aliphatic hydroxyl groups is 1. The van der Waals surface area contributed by atoms with Crippen LogP contribution in [0.1, 0.15) is 38.3 Å². The molecule has 4 rings (SSSR count). The van der Waals surface area contributed by atoms with Gasteiger partial charge in [-0.05, 0) is 49.6 Å². The Balaban J connectivity index is 1.61. The van der Waals surface area contributed by atoms with E-state index in [1.807, 2.05) is 0 Å². The highest BCUT2D eigenvalue weighted by Gasteiger charge is 2.47. The fourth-order valence-corrected chi connectivity index (χ4v) is 4.20. The first-order valence-corrected chi connectivity index (χ1v) is 9.69. The standard InChI is InChI=1S/C22H21F3N2O3/c1-12-3-2-4-13(5-12)20(29)26-17-7-14(6-16(9-17)22(23,24)25)21(30)27-10-15-8-19(28)18(15)11-27/h2-7,9,15,18-19,28H,8,10-11H2,1H3,(H,26,29)/t15-,18+,19-/m0/s1. The first-order valence-electron chi connectivity index (χ1n) is 9.69. The number of nitrogens with one attached hydrogen (secondary N) is 1. The lowest BCUT2D eigenvalue weighted by molar-refractivity contribution is -0.137. The lowest BCUT2D eigenvalue weighted by Gasteiger charge is -2.34. The summed E-state index contributed by atoms with van der Waals surface area (Å²) in [4.78, 5) is 26.8. The number of aryl methyl sites for hydroxylation is 1. The molecular weight excluding hydrogens is 397 g/mol. The Hall–Kier alpha value is -2.87. The highest BCUT2D eigenvalue weighted by Crippen LogP contribution is 2.41. The number of nitrogens with zero attached hydrogens (tertiary/aromatic N) is 1. The highest BCUT2D eigenvalue weighted by atomic mass is 19.4. The molecule has 1 saturated heterocycles. The van der Waals surface area contributed by atoms with Crippen LogP contribution in [0.5, 0.6) is 0 Å². The number of rotatable bonds is 3. The smallest absolute Gasteiger partial charge is 0.393 e. The number of carbonyl (C=O) groups is 2. The van der Waals surface area contributed by atoms with E-state index in [-0.39, 0.29) is 23.1 Å². The molecule has 2 aliphatic rings. The van der Waals surface area contributed by atoms with Gasteiger partial charge in [-0.1, -0.05) is 17.7 Å². The Morgan fingerprint density at radius 1 is 1.10 bits per heavy atom. The molecule has 2 N–H and O–H groups in total. The minimum Gasteiger partial charge on any atom is -0.393 e. The summed E-state index contributed by atoms with van der Waals surface area (Å²) in [5, 5.41) is 12.2. The Labute approximate surface area is 171 Å². The van der Waals surface area contributed by atoms with Crippen LogP contribution in [0.2, 0.25) is 0 Å². The van der Waals surface area contributed by atoms with Crippen LogP contribution in [0.4, 0.5) is 18.9 Å². The summed E-state index contributed by atoms with van der Waals surface area (Å²) in [5.74, 6) is -0.914. The number of fused-ring (bicyclic) bond motifs is 1. The third kappa shape index (κ3) is 3.92. The monoisotopic (exact) mass is 418 g/mol. The summed E-state index contributed by atoms with van der Waals surface area (Å²) in [6.45, 7) is 2.55. The number of hydrogen-bond donors (Lipinski definition) is 2. The lowest BCUT2D eigenvalue weighted by atomic mass is 9.74. The van der Waals surface area contributed by atoms with Crippen molar-refractivity contribution in [3.05, 3.63) is 64.7 Å². The lowest BCUT2D eigenvalue weighted by Crippen LogP contribution is -2.39. The molecule has 1 saturated carbocycles. The van der Waals surface area contributed by atoms with E-state index in [0.717, 1.165) is 17.7 Å². The number of carbonyl (C=O) groups excluding carboxylic acids is 2. The maximum atomic E-state index is 13.4. The molecule has 8 heteroatoms. The maximum absolute atomic E-state index is 13.4. The Kier molecular flexibility index (Phi) is 5.05. The van der Waals surface area contributed by atoms with Gasteiger partial charge in [0.05, 0.1) is 11.7 Å². The molecule has 0 spiro atoms. The zero-order valence-electron chi connectivity index (χ0n) is 16.2. The van der Waals surface area contributed by atoms with E-state index in [2.05, 4.69) is 5.32 Å². The van der Waals surface area contributed by atoms with Gasteiger partial charge in [0.15, 0.2) is 0 Å². The van der Waals surface area contributed by atoms with Crippen LogP contribution >= 0.6 is 0 Å². The third-order valence-electron chi connectivity index (χ3n) is 5.86. The number of alkyl halides is 3. The van der Waals surface area contributed by atoms with Gasteiger partial charge in [0.1, 0.15) is 0 Å². The molecule has 2 fully saturated rings. The molecule has 0 aromatic heterocycles. The molecule has 158 valence electrons. The second kappa shape index (κ2) is 7.43. The van der Waals surface area contributed by atoms with Gasteiger partial charge in [-0.15, -0.1) is 0 Å². The Bertz CT molecular complexity index is 1010. The van der Waals surface area contributed by atoms with Crippen molar-refractivity contribution in [1.82, 2.24) is 4.90 Å². The van der Waals surface area contributed by atoms with Crippen LogP contribution in [0.25, 0.3) is 0 Å². The summed E-state index contributed by atoms with van der Waals surface area (Å²) in [7, 11) is 0. The molecule has 1 heterocycles. The first kappa shape index (κ1) is 20.4. The zero-order valence-corrected chi connectivity index (χ0v) is 16.2. The SMILES string of the molecule is Cc1cccc(C(=O)Nc2cc(C(=O)N3C[C@@H]4C[C@H](O)[C@@H]4C3)cc(C(F)(F)F)c2)c1. The normalized spacial score (nSPS) is 23.0. The number of aliphatic hydroxyl groups excluding tert-OH is 1. The van der Waals surface area contributed by atoms with Crippen LogP contribution in [0.15, 0.2) is 42.5 Å². The average molecular weight is 418 g/mol. The first-order chi connectivity index (χ1) is 14.1. The van der Waals surface area contributed by atoms with Gasteiger partial charge in [0, 0.05) is 35.8 Å². The van der Waals surface area contributed by atoms with Gasteiger partial charge in [-0.25, -0.2) is 0 Å². The molecular formula is C22H21F3N2O3. The van der Waals surface area contributed by atoms with Crippen molar-refractivity contribution >= 4 is 17.5 Å². The minimum absolute atomic E-state index is 0.0137. The van der Waals surface area contributed by atoms with E-state index >= 15 is 0 Å². The molecule has 0 radical (unpaired) electrons. The topological polar surface area (TPSA) is 69.6 Å². The largest absolute Gasteiger partial charge is 0.416 e. The van der Waals surface area contributed by atoms with Crippen LogP contribution in [0, 0.1) is 18.8 Å². The van der Waals surface area contributed by atoms with Gasteiger partial charge in [0.25, 0.3) is 11.8 Å². The molecule has 0 bridgehead atoms. The minimum atomic E-state index is -4.67. The third-order valence-corrected chi connectivity index (χ3v) is 5.86. The summed E-state index contributed by atoms with van der Waals surface area (Å²) >= 11 is 0. The van der Waals surface area contributed by atoms with Gasteiger partial charge in [-0.2, -0.15) is 13.2 Å². The number of hydrogen-bond acceptors (Lipinski definition) is 3. The second-order valence-electron chi connectivity index (χ2n) is 8.06. The maximum Gasteiger partial charge on any atom is 0.416 e. The number of benzene rings is 2. The van der Waals surface area contributed by atoms with E-state index in [9.17, 15) is 27.9 Å². The Morgan fingerprint density at radius 3 is 2.50 bits per heavy atom. The molecule has 2 amide bonds. The van der Waals surface area contributed by atoms with Crippen molar-refractivity contribution in [2.24, 2.45) is 11.8 Å². The summed E-state index contributed by atoms with van der Waals surface area (Å²) in [5.41, 5.74) is -0.0871. The van der Waals surface area contributed by atoms with Crippen LogP contribution < -0.4 is 5.32 Å². The molecule has 3 atom stereocenters. The second-order valence-corrected chi connectivity index (χ2v) is 8.06. The fourth-order valence-electron chi connectivity index (χ4n) is 4.20. The van der Waals surface area contributed by atoms with Crippen LogP contribution in [-0.4, -0.2) is 41.0 Å². The van der Waals surface area contributed by atoms with Crippen molar-refractivity contribution in [1.29, 1.82) is 0 Å². The Morgan fingerprint density at radius 2 is 1.87 bits per heavy atom. The zero-order chi connectivity index (χ0) is 21.6. The summed E-state index contributed by atoms with van der Waals surface area (Å²) < 4.78 is 40.2. The molecule has 2 aromatic carbocycles.